The van der Waals surface area contributed by atoms with Gasteiger partial charge < -0.3 is 5.32 Å². The van der Waals surface area contributed by atoms with Crippen molar-refractivity contribution in [2.24, 2.45) is 0 Å². The molecule has 3 aromatic rings. The molecule has 6 heteroatoms. The maximum atomic E-state index is 12.7. The first kappa shape index (κ1) is 18.7. The topological polar surface area (TPSA) is 64.0 Å². The van der Waals surface area contributed by atoms with Gasteiger partial charge in [0.2, 0.25) is 5.91 Å². The SMILES string of the molecule is CCn1c(SCC(=O)N[C@@H]2CCCc3ccccc32)nc2ccccc2c1=O. The minimum absolute atomic E-state index is 0.0308. The summed E-state index contributed by atoms with van der Waals surface area (Å²) in [5.41, 5.74) is 3.16. The molecule has 0 saturated carbocycles. The first-order valence-electron chi connectivity index (χ1n) is 9.67. The highest BCUT2D eigenvalue weighted by Gasteiger charge is 2.21. The fraction of sp³-hybridized carbons (Fsp3) is 0.318. The van der Waals surface area contributed by atoms with E-state index < -0.39 is 0 Å². The Morgan fingerprint density at radius 3 is 2.86 bits per heavy atom. The van der Waals surface area contributed by atoms with Crippen molar-refractivity contribution in [3.05, 3.63) is 70.0 Å². The van der Waals surface area contributed by atoms with Crippen LogP contribution in [0.5, 0.6) is 0 Å². The molecule has 1 heterocycles. The number of para-hydroxylation sites is 1. The van der Waals surface area contributed by atoms with Crippen LogP contribution in [0, 0.1) is 0 Å². The van der Waals surface area contributed by atoms with Crippen molar-refractivity contribution >= 4 is 28.6 Å². The first-order chi connectivity index (χ1) is 13.7. The van der Waals surface area contributed by atoms with Crippen molar-refractivity contribution in [2.75, 3.05) is 5.75 Å². The summed E-state index contributed by atoms with van der Waals surface area (Å²) in [4.78, 5) is 29.9. The van der Waals surface area contributed by atoms with E-state index in [4.69, 9.17) is 0 Å². The number of carbonyl (C=O) groups excluding carboxylic acids is 1. The van der Waals surface area contributed by atoms with Crippen molar-refractivity contribution < 1.29 is 4.79 Å². The minimum Gasteiger partial charge on any atom is -0.349 e. The third-order valence-electron chi connectivity index (χ3n) is 5.18. The van der Waals surface area contributed by atoms with E-state index in [0.29, 0.717) is 22.6 Å². The van der Waals surface area contributed by atoms with Gasteiger partial charge in [-0.15, -0.1) is 0 Å². The van der Waals surface area contributed by atoms with Crippen LogP contribution in [0.4, 0.5) is 0 Å². The quantitative estimate of drug-likeness (QED) is 0.530. The predicted octanol–water partition coefficient (Wildman–Crippen LogP) is 3.70. The summed E-state index contributed by atoms with van der Waals surface area (Å²) in [6.07, 6.45) is 3.11. The van der Waals surface area contributed by atoms with Gasteiger partial charge in [-0.1, -0.05) is 48.2 Å². The number of fused-ring (bicyclic) bond motifs is 2. The fourth-order valence-corrected chi connectivity index (χ4v) is 4.68. The van der Waals surface area contributed by atoms with Gasteiger partial charge in [-0.05, 0) is 49.4 Å². The molecule has 0 bridgehead atoms. The van der Waals surface area contributed by atoms with E-state index in [1.807, 2.05) is 37.3 Å². The summed E-state index contributed by atoms with van der Waals surface area (Å²) in [6, 6.07) is 15.7. The normalized spacial score (nSPS) is 16.0. The Morgan fingerprint density at radius 2 is 2.00 bits per heavy atom. The monoisotopic (exact) mass is 393 g/mol. The van der Waals surface area contributed by atoms with Crippen LogP contribution in [0.3, 0.4) is 0 Å². The third kappa shape index (κ3) is 3.69. The van der Waals surface area contributed by atoms with Crippen molar-refractivity contribution in [1.82, 2.24) is 14.9 Å². The molecule has 4 rings (SSSR count). The van der Waals surface area contributed by atoms with Gasteiger partial charge in [-0.25, -0.2) is 4.98 Å². The number of hydrogen-bond donors (Lipinski definition) is 1. The van der Waals surface area contributed by atoms with Crippen molar-refractivity contribution in [1.29, 1.82) is 0 Å². The molecule has 0 unspecified atom stereocenters. The zero-order valence-electron chi connectivity index (χ0n) is 15.9. The molecule has 0 radical (unpaired) electrons. The molecule has 2 aromatic carbocycles. The molecule has 1 atom stereocenters. The highest BCUT2D eigenvalue weighted by Crippen LogP contribution is 2.29. The van der Waals surface area contributed by atoms with Crippen LogP contribution >= 0.6 is 11.8 Å². The number of hydrogen-bond acceptors (Lipinski definition) is 4. The van der Waals surface area contributed by atoms with E-state index >= 15 is 0 Å². The van der Waals surface area contributed by atoms with E-state index in [-0.39, 0.29) is 23.3 Å². The summed E-state index contributed by atoms with van der Waals surface area (Å²) >= 11 is 1.32. The zero-order chi connectivity index (χ0) is 19.5. The van der Waals surface area contributed by atoms with Gasteiger partial charge >= 0.3 is 0 Å². The van der Waals surface area contributed by atoms with E-state index in [0.717, 1.165) is 19.3 Å². The molecular weight excluding hydrogens is 370 g/mol. The van der Waals surface area contributed by atoms with E-state index in [9.17, 15) is 9.59 Å². The van der Waals surface area contributed by atoms with Crippen molar-refractivity contribution in [3.8, 4) is 0 Å². The van der Waals surface area contributed by atoms with Crippen LogP contribution in [-0.4, -0.2) is 21.2 Å². The number of amides is 1. The molecule has 0 aliphatic heterocycles. The Kier molecular flexibility index (Phi) is 5.48. The third-order valence-corrected chi connectivity index (χ3v) is 6.16. The number of benzene rings is 2. The Balaban J connectivity index is 1.49. The Hall–Kier alpha value is -2.60. The molecular formula is C22H23N3O2S. The van der Waals surface area contributed by atoms with Gasteiger partial charge in [0.1, 0.15) is 0 Å². The first-order valence-corrected chi connectivity index (χ1v) is 10.7. The number of aryl methyl sites for hydroxylation is 1. The van der Waals surface area contributed by atoms with E-state index in [2.05, 4.69) is 22.4 Å². The number of aromatic nitrogens is 2. The lowest BCUT2D eigenvalue weighted by atomic mass is 9.88. The minimum atomic E-state index is -0.0581. The highest BCUT2D eigenvalue weighted by atomic mass is 32.2. The van der Waals surface area contributed by atoms with Crippen LogP contribution in [0.25, 0.3) is 10.9 Å². The van der Waals surface area contributed by atoms with Gasteiger partial charge in [0.15, 0.2) is 5.16 Å². The van der Waals surface area contributed by atoms with Crippen LogP contribution in [0.1, 0.15) is 36.9 Å². The Bertz CT molecular complexity index is 1080. The fourth-order valence-electron chi connectivity index (χ4n) is 3.81. The number of rotatable bonds is 5. The zero-order valence-corrected chi connectivity index (χ0v) is 16.7. The van der Waals surface area contributed by atoms with E-state index in [1.165, 1.54) is 22.9 Å². The maximum absolute atomic E-state index is 12.7. The van der Waals surface area contributed by atoms with Crippen LogP contribution in [0.15, 0.2) is 58.5 Å². The second-order valence-corrected chi connectivity index (χ2v) is 7.90. The van der Waals surface area contributed by atoms with Crippen molar-refractivity contribution in [2.45, 2.75) is 43.9 Å². The standard InChI is InChI=1S/C22H23N3O2S/c1-2-25-21(27)17-11-5-6-12-19(17)24-22(25)28-14-20(26)23-18-13-7-9-15-8-3-4-10-16(15)18/h3-6,8,10-12,18H,2,7,9,13-14H2,1H3,(H,23,26)/t18-/m1/s1. The summed E-state index contributed by atoms with van der Waals surface area (Å²) in [7, 11) is 0. The smallest absolute Gasteiger partial charge is 0.262 e. The predicted molar refractivity (Wildman–Crippen MR) is 113 cm³/mol. The van der Waals surface area contributed by atoms with Crippen molar-refractivity contribution in [3.63, 3.8) is 0 Å². The molecule has 1 aliphatic rings. The molecule has 1 amide bonds. The average molecular weight is 394 g/mol. The van der Waals surface area contributed by atoms with Gasteiger partial charge in [0.05, 0.1) is 22.7 Å². The van der Waals surface area contributed by atoms with Gasteiger partial charge in [0, 0.05) is 6.54 Å². The maximum Gasteiger partial charge on any atom is 0.262 e. The van der Waals surface area contributed by atoms with Crippen LogP contribution in [0.2, 0.25) is 0 Å². The van der Waals surface area contributed by atoms with Crippen LogP contribution in [-0.2, 0) is 17.8 Å². The molecule has 1 aromatic heterocycles. The molecule has 0 spiro atoms. The largest absolute Gasteiger partial charge is 0.349 e. The summed E-state index contributed by atoms with van der Waals surface area (Å²) < 4.78 is 1.64. The second kappa shape index (κ2) is 8.19. The lowest BCUT2D eigenvalue weighted by Gasteiger charge is -2.26. The number of thioether (sulfide) groups is 1. The molecule has 1 aliphatic carbocycles. The lowest BCUT2D eigenvalue weighted by molar-refractivity contribution is -0.119. The van der Waals surface area contributed by atoms with Crippen LogP contribution < -0.4 is 10.9 Å². The van der Waals surface area contributed by atoms with Gasteiger partial charge in [-0.3, -0.25) is 14.2 Å². The highest BCUT2D eigenvalue weighted by molar-refractivity contribution is 7.99. The number of nitrogens with zero attached hydrogens (tertiary/aromatic N) is 2. The number of carbonyl (C=O) groups is 1. The average Bonchev–Trinajstić information content (AvgIpc) is 2.73. The lowest BCUT2D eigenvalue weighted by Crippen LogP contribution is -2.32. The molecule has 5 nitrogen and oxygen atoms in total. The molecule has 28 heavy (non-hydrogen) atoms. The Morgan fingerprint density at radius 1 is 1.21 bits per heavy atom. The molecule has 1 N–H and O–H groups in total. The summed E-state index contributed by atoms with van der Waals surface area (Å²) in [6.45, 7) is 2.44. The number of nitrogens with one attached hydrogen (secondary N) is 1. The summed E-state index contributed by atoms with van der Waals surface area (Å²) in [5.74, 6) is 0.209. The molecule has 0 saturated heterocycles. The van der Waals surface area contributed by atoms with Gasteiger partial charge in [-0.2, -0.15) is 0 Å². The van der Waals surface area contributed by atoms with Gasteiger partial charge in [0.25, 0.3) is 5.56 Å². The summed E-state index contributed by atoms with van der Waals surface area (Å²) in [5, 5.41) is 4.36. The second-order valence-electron chi connectivity index (χ2n) is 6.96. The molecule has 144 valence electrons. The Labute approximate surface area is 168 Å². The van der Waals surface area contributed by atoms with E-state index in [1.54, 1.807) is 10.6 Å². The molecule has 0 fully saturated rings.